The molecule has 1 saturated heterocycles. The summed E-state index contributed by atoms with van der Waals surface area (Å²) in [6, 6.07) is 1.77. The number of piperazine rings is 1. The van der Waals surface area contributed by atoms with Gasteiger partial charge in [-0.2, -0.15) is 17.5 Å². The maximum Gasteiger partial charge on any atom is 0.390 e. The number of aryl methyl sites for hydroxylation is 1. The maximum atomic E-state index is 12.3. The Morgan fingerprint density at radius 3 is 2.33 bits per heavy atom. The number of aromatic nitrogens is 4. The number of imidazole rings is 1. The fourth-order valence-corrected chi connectivity index (χ4v) is 4.30. The minimum absolute atomic E-state index is 0.115. The second-order valence-corrected chi connectivity index (χ2v) is 8.23. The van der Waals surface area contributed by atoms with Gasteiger partial charge in [0.05, 0.1) is 12.2 Å². The molecular weight excluding hydrogens is 385 g/mol. The first-order valence-electron chi connectivity index (χ1n) is 8.28. The number of anilines is 1. The summed E-state index contributed by atoms with van der Waals surface area (Å²) in [5, 5.41) is 0. The average molecular weight is 404 g/mol. The van der Waals surface area contributed by atoms with Crippen LogP contribution in [0.2, 0.25) is 0 Å². The molecule has 0 atom stereocenters. The van der Waals surface area contributed by atoms with Gasteiger partial charge >= 0.3 is 6.18 Å². The van der Waals surface area contributed by atoms with Gasteiger partial charge in [-0.15, -0.1) is 0 Å². The van der Waals surface area contributed by atoms with Gasteiger partial charge in [0.2, 0.25) is 10.0 Å². The third-order valence-electron chi connectivity index (χ3n) is 4.31. The van der Waals surface area contributed by atoms with Crippen LogP contribution in [0, 0.1) is 6.92 Å². The summed E-state index contributed by atoms with van der Waals surface area (Å²) in [4.78, 5) is 14.5. The Hall–Kier alpha value is -2.21. The molecule has 0 amide bonds. The number of hydrogen-bond acceptors (Lipinski definition) is 6. The molecule has 0 radical (unpaired) electrons. The summed E-state index contributed by atoms with van der Waals surface area (Å²) in [6.07, 6.45) is -0.988. The van der Waals surface area contributed by atoms with E-state index < -0.39 is 28.4 Å². The van der Waals surface area contributed by atoms with Gasteiger partial charge in [0.25, 0.3) is 0 Å². The summed E-state index contributed by atoms with van der Waals surface area (Å²) in [5.41, 5.74) is 0. The zero-order chi connectivity index (χ0) is 19.7. The first-order chi connectivity index (χ1) is 12.7. The highest BCUT2D eigenvalue weighted by Crippen LogP contribution is 2.22. The van der Waals surface area contributed by atoms with E-state index in [2.05, 4.69) is 15.0 Å². The van der Waals surface area contributed by atoms with Gasteiger partial charge in [-0.05, 0) is 6.92 Å². The van der Waals surface area contributed by atoms with Gasteiger partial charge in [-0.1, -0.05) is 0 Å². The fourth-order valence-electron chi connectivity index (χ4n) is 2.83. The lowest BCUT2D eigenvalue weighted by Crippen LogP contribution is -2.49. The second-order valence-electron chi connectivity index (χ2n) is 6.15. The van der Waals surface area contributed by atoms with Gasteiger partial charge in [-0.25, -0.2) is 23.4 Å². The molecule has 2 aromatic heterocycles. The van der Waals surface area contributed by atoms with Crippen molar-refractivity contribution in [1.82, 2.24) is 23.8 Å². The van der Waals surface area contributed by atoms with Crippen LogP contribution in [-0.4, -0.2) is 70.4 Å². The minimum atomic E-state index is -4.49. The third-order valence-corrected chi connectivity index (χ3v) is 6.18. The third kappa shape index (κ3) is 4.75. The number of rotatable bonds is 5. The number of sulfonamides is 1. The quantitative estimate of drug-likeness (QED) is 0.749. The average Bonchev–Trinajstić information content (AvgIpc) is 3.06. The molecule has 0 bridgehead atoms. The van der Waals surface area contributed by atoms with E-state index in [0.717, 1.165) is 10.1 Å². The van der Waals surface area contributed by atoms with E-state index in [-0.39, 0.29) is 13.1 Å². The Kier molecular flexibility index (Phi) is 5.38. The van der Waals surface area contributed by atoms with Crippen molar-refractivity contribution in [3.05, 3.63) is 30.6 Å². The Morgan fingerprint density at radius 1 is 1.07 bits per heavy atom. The molecule has 0 aliphatic carbocycles. The molecule has 0 aromatic carbocycles. The molecule has 27 heavy (non-hydrogen) atoms. The standard InChI is InChI=1S/C15H19F3N6O2S/c1-12-19-3-4-24(12)14-10-13(20-11-21-14)22-5-7-23(8-6-22)27(25,26)9-2-15(16,17)18/h3-4,10-11H,2,5-9H2,1H3. The van der Waals surface area contributed by atoms with Gasteiger partial charge in [0.1, 0.15) is 23.8 Å². The van der Waals surface area contributed by atoms with Crippen molar-refractivity contribution in [2.75, 3.05) is 36.8 Å². The van der Waals surface area contributed by atoms with Crippen LogP contribution in [0.1, 0.15) is 12.2 Å². The molecule has 2 aromatic rings. The molecule has 12 heteroatoms. The summed E-state index contributed by atoms with van der Waals surface area (Å²) < 4.78 is 64.0. The van der Waals surface area contributed by atoms with Crippen molar-refractivity contribution in [3.63, 3.8) is 0 Å². The van der Waals surface area contributed by atoms with Crippen LogP contribution in [0.25, 0.3) is 5.82 Å². The lowest BCUT2D eigenvalue weighted by atomic mass is 10.3. The Bertz CT molecular complexity index is 891. The van der Waals surface area contributed by atoms with Crippen LogP contribution in [0.5, 0.6) is 0 Å². The molecule has 0 saturated carbocycles. The molecule has 0 spiro atoms. The highest BCUT2D eigenvalue weighted by molar-refractivity contribution is 7.89. The van der Waals surface area contributed by atoms with Crippen LogP contribution in [-0.2, 0) is 10.0 Å². The van der Waals surface area contributed by atoms with E-state index in [1.807, 2.05) is 11.8 Å². The fraction of sp³-hybridized carbons (Fsp3) is 0.533. The predicted octanol–water partition coefficient (Wildman–Crippen LogP) is 1.37. The Labute approximate surface area is 154 Å². The van der Waals surface area contributed by atoms with Crippen LogP contribution in [0.15, 0.2) is 24.8 Å². The highest BCUT2D eigenvalue weighted by Gasteiger charge is 2.33. The normalized spacial score (nSPS) is 16.7. The van der Waals surface area contributed by atoms with Crippen LogP contribution >= 0.6 is 0 Å². The first kappa shape index (κ1) is 19.5. The van der Waals surface area contributed by atoms with E-state index in [1.54, 1.807) is 23.0 Å². The molecule has 3 heterocycles. The largest absolute Gasteiger partial charge is 0.390 e. The maximum absolute atomic E-state index is 12.3. The van der Waals surface area contributed by atoms with Crippen LogP contribution in [0.4, 0.5) is 19.0 Å². The Morgan fingerprint density at radius 2 is 1.74 bits per heavy atom. The lowest BCUT2D eigenvalue weighted by Gasteiger charge is -2.34. The van der Waals surface area contributed by atoms with E-state index in [9.17, 15) is 21.6 Å². The molecular formula is C15H19F3N6O2S. The molecule has 1 aliphatic heterocycles. The van der Waals surface area contributed by atoms with E-state index >= 15 is 0 Å². The van der Waals surface area contributed by atoms with Crippen LogP contribution in [0.3, 0.4) is 0 Å². The molecule has 3 rings (SSSR count). The summed E-state index contributed by atoms with van der Waals surface area (Å²) in [5.74, 6) is 1.10. The van der Waals surface area contributed by atoms with Gasteiger partial charge < -0.3 is 4.90 Å². The number of halogens is 3. The van der Waals surface area contributed by atoms with Crippen molar-refractivity contribution >= 4 is 15.8 Å². The van der Waals surface area contributed by atoms with Gasteiger partial charge in [0.15, 0.2) is 0 Å². The van der Waals surface area contributed by atoms with E-state index in [1.165, 1.54) is 6.33 Å². The van der Waals surface area contributed by atoms with Crippen LogP contribution < -0.4 is 4.90 Å². The SMILES string of the molecule is Cc1nccn1-c1cc(N2CCN(S(=O)(=O)CCC(F)(F)F)CC2)ncn1. The number of alkyl halides is 3. The predicted molar refractivity (Wildman–Crippen MR) is 92.1 cm³/mol. The van der Waals surface area contributed by atoms with E-state index in [4.69, 9.17) is 0 Å². The van der Waals surface area contributed by atoms with Crippen molar-refractivity contribution in [2.24, 2.45) is 0 Å². The summed E-state index contributed by atoms with van der Waals surface area (Å²) in [7, 11) is -3.93. The van der Waals surface area contributed by atoms with Crippen molar-refractivity contribution < 1.29 is 21.6 Å². The molecule has 148 valence electrons. The number of hydrogen-bond donors (Lipinski definition) is 0. The van der Waals surface area contributed by atoms with Gasteiger partial charge in [-0.3, -0.25) is 4.57 Å². The number of nitrogens with zero attached hydrogens (tertiary/aromatic N) is 6. The van der Waals surface area contributed by atoms with Crippen molar-refractivity contribution in [2.45, 2.75) is 19.5 Å². The zero-order valence-electron chi connectivity index (χ0n) is 14.6. The smallest absolute Gasteiger partial charge is 0.354 e. The zero-order valence-corrected chi connectivity index (χ0v) is 15.4. The molecule has 0 unspecified atom stereocenters. The molecule has 8 nitrogen and oxygen atoms in total. The lowest BCUT2D eigenvalue weighted by molar-refractivity contribution is -0.130. The molecule has 0 N–H and O–H groups in total. The molecule has 1 aliphatic rings. The van der Waals surface area contributed by atoms with Crippen molar-refractivity contribution in [1.29, 1.82) is 0 Å². The first-order valence-corrected chi connectivity index (χ1v) is 9.88. The summed E-state index contributed by atoms with van der Waals surface area (Å²) >= 11 is 0. The second kappa shape index (κ2) is 7.43. The highest BCUT2D eigenvalue weighted by atomic mass is 32.2. The topological polar surface area (TPSA) is 84.2 Å². The monoisotopic (exact) mass is 404 g/mol. The summed E-state index contributed by atoms with van der Waals surface area (Å²) in [6.45, 7) is 2.74. The Balaban J connectivity index is 1.65. The van der Waals surface area contributed by atoms with Gasteiger partial charge in [0, 0.05) is 44.6 Å². The van der Waals surface area contributed by atoms with E-state index in [0.29, 0.717) is 24.7 Å². The van der Waals surface area contributed by atoms with Crippen molar-refractivity contribution in [3.8, 4) is 5.82 Å². The minimum Gasteiger partial charge on any atom is -0.354 e. The molecule has 1 fully saturated rings.